The summed E-state index contributed by atoms with van der Waals surface area (Å²) in [5.41, 5.74) is 4.31. The molecule has 8 heteroatoms. The van der Waals surface area contributed by atoms with Crippen LogP contribution in [0.1, 0.15) is 74.4 Å². The lowest BCUT2D eigenvalue weighted by Crippen LogP contribution is -2.40. The van der Waals surface area contributed by atoms with Crippen LogP contribution in [0.5, 0.6) is 0 Å². The summed E-state index contributed by atoms with van der Waals surface area (Å²) >= 11 is 0. The summed E-state index contributed by atoms with van der Waals surface area (Å²) in [7, 11) is 1.20. The quantitative estimate of drug-likeness (QED) is 0.570. The minimum Gasteiger partial charge on any atom is -0.326 e. The summed E-state index contributed by atoms with van der Waals surface area (Å²) in [5.74, 6) is 0.349. The third-order valence-electron chi connectivity index (χ3n) is 6.87. The van der Waals surface area contributed by atoms with Crippen LogP contribution in [0.25, 0.3) is 5.57 Å². The van der Waals surface area contributed by atoms with Gasteiger partial charge in [0.15, 0.2) is 5.82 Å². The molecule has 1 atom stereocenters. The summed E-state index contributed by atoms with van der Waals surface area (Å²) < 4.78 is 11.6. The van der Waals surface area contributed by atoms with Gasteiger partial charge in [0.25, 0.3) is 5.91 Å². The van der Waals surface area contributed by atoms with E-state index in [4.69, 9.17) is 5.26 Å². The van der Waals surface area contributed by atoms with E-state index in [0.717, 1.165) is 42.6 Å². The van der Waals surface area contributed by atoms with E-state index in [1.807, 2.05) is 25.2 Å². The number of nitriles is 1. The van der Waals surface area contributed by atoms with Crippen molar-refractivity contribution in [2.45, 2.75) is 52.5 Å². The first-order valence-corrected chi connectivity index (χ1v) is 13.3. The summed E-state index contributed by atoms with van der Waals surface area (Å²) in [6.07, 6.45) is 8.36. The highest BCUT2D eigenvalue weighted by Crippen LogP contribution is 2.41. The third kappa shape index (κ3) is 6.02. The first kappa shape index (κ1) is 25.9. The lowest BCUT2D eigenvalue weighted by molar-refractivity contribution is 0.101. The number of aromatic nitrogens is 2. The first-order chi connectivity index (χ1) is 15.9. The number of nitrogens with zero attached hydrogens (tertiary/aromatic N) is 3. The maximum Gasteiger partial charge on any atom is 0.291 e. The Morgan fingerprint density at radius 2 is 2.12 bits per heavy atom. The van der Waals surface area contributed by atoms with Gasteiger partial charge in [-0.3, -0.25) is 13.9 Å². The number of H-pyrrole nitrogens is 1. The van der Waals surface area contributed by atoms with Crippen LogP contribution in [0.3, 0.4) is 0 Å². The Labute approximate surface area is 205 Å². The van der Waals surface area contributed by atoms with Gasteiger partial charge in [0.2, 0.25) is 0 Å². The fraction of sp³-hybridized carbons (Fsp3) is 0.500. The molecule has 2 aromatic rings. The normalized spacial score (nSPS) is 16.6. The predicted molar refractivity (Wildman–Crippen MR) is 138 cm³/mol. The smallest absolute Gasteiger partial charge is 0.291 e. The molecule has 0 radical (unpaired) electrons. The lowest BCUT2D eigenvalue weighted by Gasteiger charge is -2.37. The molecule has 1 amide bonds. The van der Waals surface area contributed by atoms with Crippen LogP contribution in [0.4, 0.5) is 5.69 Å². The van der Waals surface area contributed by atoms with Crippen LogP contribution in [0.15, 0.2) is 30.5 Å². The molecule has 2 N–H and O–H groups in total. The molecule has 1 aromatic heterocycles. The van der Waals surface area contributed by atoms with Crippen molar-refractivity contribution in [2.24, 2.45) is 5.41 Å². The number of aromatic amines is 1. The molecule has 1 heterocycles. The maximum absolute atomic E-state index is 12.8. The highest BCUT2D eigenvalue weighted by molar-refractivity contribution is 7.84. The molecule has 1 aliphatic rings. The third-order valence-corrected chi connectivity index (χ3v) is 7.63. The Bertz CT molecular complexity index is 1160. The maximum atomic E-state index is 12.8. The second-order valence-corrected chi connectivity index (χ2v) is 11.9. The van der Waals surface area contributed by atoms with Crippen LogP contribution in [0.2, 0.25) is 0 Å². The molecule has 0 bridgehead atoms. The zero-order valence-corrected chi connectivity index (χ0v) is 21.8. The summed E-state index contributed by atoms with van der Waals surface area (Å²) in [6, 6.07) is 8.11. The van der Waals surface area contributed by atoms with Gasteiger partial charge in [-0.1, -0.05) is 26.0 Å². The van der Waals surface area contributed by atoms with Gasteiger partial charge < -0.3 is 10.3 Å². The Balaban J connectivity index is 1.97. The molecule has 1 aromatic carbocycles. The molecule has 0 spiro atoms. The zero-order chi connectivity index (χ0) is 25.1. The van der Waals surface area contributed by atoms with E-state index in [-0.39, 0.29) is 28.4 Å². The molecule has 3 rings (SSSR count). The second-order valence-electron chi connectivity index (χ2n) is 10.3. The van der Waals surface area contributed by atoms with E-state index in [2.05, 4.69) is 60.0 Å². The zero-order valence-electron chi connectivity index (χ0n) is 21.0. The van der Waals surface area contributed by atoms with Gasteiger partial charge in [-0.2, -0.15) is 5.26 Å². The number of hydrogen-bond acceptors (Lipinski definition) is 5. The first-order valence-electron chi connectivity index (χ1n) is 11.5. The fourth-order valence-corrected chi connectivity index (χ4v) is 4.59. The van der Waals surface area contributed by atoms with Gasteiger partial charge in [-0.25, -0.2) is 4.98 Å². The van der Waals surface area contributed by atoms with E-state index in [9.17, 15) is 9.00 Å². The van der Waals surface area contributed by atoms with E-state index in [0.29, 0.717) is 5.75 Å². The summed E-state index contributed by atoms with van der Waals surface area (Å²) in [5, 5.41) is 12.0. The Kier molecular flexibility index (Phi) is 7.79. The minimum atomic E-state index is -0.848. The Morgan fingerprint density at radius 3 is 2.71 bits per heavy atom. The average molecular weight is 482 g/mol. The van der Waals surface area contributed by atoms with Crippen LogP contribution < -0.4 is 5.32 Å². The number of imidazole rings is 1. The highest BCUT2D eigenvalue weighted by atomic mass is 32.2. The number of allylic oxidation sites excluding steroid dienone is 2. The van der Waals surface area contributed by atoms with Crippen molar-refractivity contribution in [2.75, 3.05) is 30.9 Å². The topological polar surface area (TPSA) is 102 Å². The number of benzene rings is 1. The Hall–Kier alpha value is -2.76. The molecular weight excluding hydrogens is 446 g/mol. The number of carbonyl (C=O) groups excluding carboxylic acids is 1. The predicted octanol–water partition coefficient (Wildman–Crippen LogP) is 4.67. The molecule has 1 aliphatic carbocycles. The summed E-state index contributed by atoms with van der Waals surface area (Å²) in [6.45, 7) is 9.60. The van der Waals surface area contributed by atoms with Crippen LogP contribution in [-0.2, 0) is 16.3 Å². The molecule has 34 heavy (non-hydrogen) atoms. The molecule has 1 unspecified atom stereocenters. The molecule has 0 saturated heterocycles. The molecular formula is C26H35N5O2S. The summed E-state index contributed by atoms with van der Waals surface area (Å²) in [4.78, 5) is 21.8. The van der Waals surface area contributed by atoms with Crippen molar-refractivity contribution < 1.29 is 9.00 Å². The van der Waals surface area contributed by atoms with Gasteiger partial charge in [0, 0.05) is 46.1 Å². The van der Waals surface area contributed by atoms with Crippen LogP contribution in [0, 0.1) is 16.7 Å². The standard InChI is InChI=1S/C26H35N5O2S/c1-25(2)11-9-18(10-12-25)21-15-19(26(3,4)31(5)13-14-34(6)33)7-8-22(21)30-24(32)23-28-17-20(16-27)29-23/h7-9,15,17H,10-14H2,1-6H3,(H,28,29)(H,30,32). The van der Waals surface area contributed by atoms with Crippen molar-refractivity contribution in [3.63, 3.8) is 0 Å². The molecule has 182 valence electrons. The lowest BCUT2D eigenvalue weighted by atomic mass is 9.76. The number of rotatable bonds is 8. The SMILES string of the molecule is CN(CCS(C)=O)C(C)(C)c1ccc(NC(=O)c2ncc(C#N)[nH]2)c(C2=CCC(C)(C)CC2)c1. The van der Waals surface area contributed by atoms with Gasteiger partial charge in [0.05, 0.1) is 6.20 Å². The number of nitrogens with one attached hydrogen (secondary N) is 2. The van der Waals surface area contributed by atoms with Crippen LogP contribution >= 0.6 is 0 Å². The van der Waals surface area contributed by atoms with Crippen molar-refractivity contribution >= 4 is 28.0 Å². The van der Waals surface area contributed by atoms with Crippen molar-refractivity contribution in [3.8, 4) is 6.07 Å². The number of amides is 1. The molecule has 0 fully saturated rings. The number of hydrogen-bond donors (Lipinski definition) is 2. The molecule has 0 aliphatic heterocycles. The van der Waals surface area contributed by atoms with Crippen molar-refractivity contribution in [1.82, 2.24) is 14.9 Å². The van der Waals surface area contributed by atoms with E-state index >= 15 is 0 Å². The van der Waals surface area contributed by atoms with Crippen molar-refractivity contribution in [1.29, 1.82) is 5.26 Å². The fourth-order valence-electron chi connectivity index (χ4n) is 4.06. The van der Waals surface area contributed by atoms with Crippen LogP contribution in [-0.4, -0.2) is 50.6 Å². The van der Waals surface area contributed by atoms with Gasteiger partial charge in [-0.05, 0) is 68.8 Å². The minimum absolute atomic E-state index is 0.109. The van der Waals surface area contributed by atoms with E-state index in [1.165, 1.54) is 11.8 Å². The van der Waals surface area contributed by atoms with Gasteiger partial charge in [0.1, 0.15) is 11.8 Å². The van der Waals surface area contributed by atoms with Crippen molar-refractivity contribution in [3.05, 3.63) is 53.1 Å². The monoisotopic (exact) mass is 481 g/mol. The van der Waals surface area contributed by atoms with E-state index in [1.54, 1.807) is 6.26 Å². The Morgan fingerprint density at radius 1 is 1.38 bits per heavy atom. The number of anilines is 1. The molecule has 0 saturated carbocycles. The molecule has 7 nitrogen and oxygen atoms in total. The van der Waals surface area contributed by atoms with Gasteiger partial charge in [-0.15, -0.1) is 0 Å². The number of carbonyl (C=O) groups is 1. The highest BCUT2D eigenvalue weighted by Gasteiger charge is 2.29. The average Bonchev–Trinajstić information content (AvgIpc) is 3.27. The van der Waals surface area contributed by atoms with Gasteiger partial charge >= 0.3 is 0 Å². The largest absolute Gasteiger partial charge is 0.326 e. The second kappa shape index (κ2) is 10.2. The van der Waals surface area contributed by atoms with E-state index < -0.39 is 10.8 Å².